The quantitative estimate of drug-likeness (QED) is 0.489. The molecule has 0 spiro atoms. The Kier molecular flexibility index (Phi) is 1.30. The van der Waals surface area contributed by atoms with Crippen molar-refractivity contribution >= 4 is 0 Å². The Bertz CT molecular complexity index is 59.1. The van der Waals surface area contributed by atoms with E-state index in [2.05, 4.69) is 24.2 Å². The van der Waals surface area contributed by atoms with Gasteiger partial charge in [0.1, 0.15) is 0 Å². The minimum absolute atomic E-state index is 0.699. The van der Waals surface area contributed by atoms with E-state index in [9.17, 15) is 0 Å². The van der Waals surface area contributed by atoms with E-state index in [0.717, 1.165) is 6.54 Å². The highest BCUT2D eigenvalue weighted by Gasteiger charge is 2.22. The van der Waals surface area contributed by atoms with Crippen molar-refractivity contribution in [2.75, 3.05) is 20.1 Å². The second kappa shape index (κ2) is 1.80. The zero-order valence-corrected chi connectivity index (χ0v) is 4.94. The van der Waals surface area contributed by atoms with E-state index in [0.29, 0.717) is 6.17 Å². The highest BCUT2D eigenvalue weighted by Crippen LogP contribution is 2.00. The van der Waals surface area contributed by atoms with Crippen LogP contribution in [0.2, 0.25) is 0 Å². The zero-order chi connectivity index (χ0) is 5.28. The van der Waals surface area contributed by atoms with E-state index in [-0.39, 0.29) is 0 Å². The van der Waals surface area contributed by atoms with Gasteiger partial charge in [0.15, 0.2) is 0 Å². The maximum absolute atomic E-state index is 3.21. The monoisotopic (exact) mass is 100 g/mol. The largest absolute Gasteiger partial charge is 0.298 e. The van der Waals surface area contributed by atoms with Crippen molar-refractivity contribution < 1.29 is 0 Å². The van der Waals surface area contributed by atoms with Crippen LogP contribution in [0.3, 0.4) is 0 Å². The second-order valence-corrected chi connectivity index (χ2v) is 2.00. The third-order valence-electron chi connectivity index (χ3n) is 1.42. The molecule has 1 saturated heterocycles. The van der Waals surface area contributed by atoms with Gasteiger partial charge < -0.3 is 0 Å². The summed E-state index contributed by atoms with van der Waals surface area (Å²) < 4.78 is 0. The SMILES string of the molecule is CCN(C)C1CN1. The van der Waals surface area contributed by atoms with E-state index in [1.807, 2.05) is 0 Å². The summed E-state index contributed by atoms with van der Waals surface area (Å²) in [4.78, 5) is 2.29. The molecule has 0 amide bonds. The van der Waals surface area contributed by atoms with Crippen LogP contribution in [0.1, 0.15) is 6.92 Å². The molecule has 0 aromatic rings. The summed E-state index contributed by atoms with van der Waals surface area (Å²) in [6.07, 6.45) is 0.699. The van der Waals surface area contributed by atoms with Gasteiger partial charge in [0.05, 0.1) is 6.17 Å². The average Bonchev–Trinajstić information content (AvgIpc) is 2.44. The Hall–Kier alpha value is -0.0800. The van der Waals surface area contributed by atoms with Crippen LogP contribution < -0.4 is 5.32 Å². The predicted octanol–water partition coefficient (Wildman–Crippen LogP) is -0.133. The van der Waals surface area contributed by atoms with Gasteiger partial charge in [-0.1, -0.05) is 6.92 Å². The lowest BCUT2D eigenvalue weighted by molar-refractivity contribution is 0.339. The summed E-state index contributed by atoms with van der Waals surface area (Å²) in [5.74, 6) is 0. The third-order valence-corrected chi connectivity index (χ3v) is 1.42. The molecule has 1 rings (SSSR count). The fraction of sp³-hybridized carbons (Fsp3) is 1.00. The number of hydrogen-bond acceptors (Lipinski definition) is 2. The van der Waals surface area contributed by atoms with E-state index in [4.69, 9.17) is 0 Å². The van der Waals surface area contributed by atoms with Crippen LogP contribution in [0.5, 0.6) is 0 Å². The Morgan fingerprint density at radius 2 is 2.43 bits per heavy atom. The topological polar surface area (TPSA) is 25.2 Å². The van der Waals surface area contributed by atoms with Crippen molar-refractivity contribution in [2.45, 2.75) is 13.1 Å². The maximum atomic E-state index is 3.21. The predicted molar refractivity (Wildman–Crippen MR) is 30.1 cm³/mol. The maximum Gasteiger partial charge on any atom is 0.0724 e. The average molecular weight is 100 g/mol. The molecule has 7 heavy (non-hydrogen) atoms. The van der Waals surface area contributed by atoms with Gasteiger partial charge in [-0.2, -0.15) is 0 Å². The van der Waals surface area contributed by atoms with Gasteiger partial charge in [0.2, 0.25) is 0 Å². The first-order valence-electron chi connectivity index (χ1n) is 2.78. The molecular weight excluding hydrogens is 88.1 g/mol. The normalized spacial score (nSPS) is 28.7. The standard InChI is InChI=1S/C5H12N2/c1-3-7(2)5-4-6-5/h5-6H,3-4H2,1-2H3. The molecule has 0 aromatic heterocycles. The molecule has 2 heteroatoms. The van der Waals surface area contributed by atoms with Gasteiger partial charge in [-0.15, -0.1) is 0 Å². The number of hydrogen-bond donors (Lipinski definition) is 1. The third kappa shape index (κ3) is 1.14. The van der Waals surface area contributed by atoms with Crippen molar-refractivity contribution in [1.29, 1.82) is 0 Å². The Morgan fingerprint density at radius 3 is 2.57 bits per heavy atom. The number of rotatable bonds is 2. The van der Waals surface area contributed by atoms with E-state index in [1.54, 1.807) is 0 Å². The van der Waals surface area contributed by atoms with Gasteiger partial charge >= 0.3 is 0 Å². The van der Waals surface area contributed by atoms with Crippen molar-refractivity contribution in [3.05, 3.63) is 0 Å². The minimum atomic E-state index is 0.699. The smallest absolute Gasteiger partial charge is 0.0724 e. The molecular formula is C5H12N2. The second-order valence-electron chi connectivity index (χ2n) is 2.00. The zero-order valence-electron chi connectivity index (χ0n) is 4.94. The van der Waals surface area contributed by atoms with Crippen LogP contribution in [0.4, 0.5) is 0 Å². The molecule has 0 radical (unpaired) electrons. The van der Waals surface area contributed by atoms with Crippen LogP contribution in [-0.4, -0.2) is 31.2 Å². The van der Waals surface area contributed by atoms with Crippen molar-refractivity contribution in [1.82, 2.24) is 10.2 Å². The summed E-state index contributed by atoms with van der Waals surface area (Å²) in [6, 6.07) is 0. The van der Waals surface area contributed by atoms with Crippen LogP contribution >= 0.6 is 0 Å². The molecule has 1 N–H and O–H groups in total. The molecule has 0 aromatic carbocycles. The lowest BCUT2D eigenvalue weighted by atomic mass is 10.6. The van der Waals surface area contributed by atoms with E-state index < -0.39 is 0 Å². The van der Waals surface area contributed by atoms with Crippen molar-refractivity contribution in [3.8, 4) is 0 Å². The van der Waals surface area contributed by atoms with Crippen molar-refractivity contribution in [3.63, 3.8) is 0 Å². The number of likely N-dealkylation sites (N-methyl/N-ethyl adjacent to an activating group) is 1. The highest BCUT2D eigenvalue weighted by molar-refractivity contribution is 4.80. The van der Waals surface area contributed by atoms with E-state index in [1.165, 1.54) is 6.54 Å². The summed E-state index contributed by atoms with van der Waals surface area (Å²) >= 11 is 0. The molecule has 1 heterocycles. The number of nitrogens with zero attached hydrogens (tertiary/aromatic N) is 1. The first kappa shape index (κ1) is 5.06. The lowest BCUT2D eigenvalue weighted by Gasteiger charge is -2.08. The molecule has 0 saturated carbocycles. The van der Waals surface area contributed by atoms with E-state index >= 15 is 0 Å². The Balaban J connectivity index is 2.10. The van der Waals surface area contributed by atoms with Crippen LogP contribution in [-0.2, 0) is 0 Å². The summed E-state index contributed by atoms with van der Waals surface area (Å²) in [5, 5.41) is 3.21. The van der Waals surface area contributed by atoms with Gasteiger partial charge in [-0.3, -0.25) is 10.2 Å². The van der Waals surface area contributed by atoms with Gasteiger partial charge in [-0.25, -0.2) is 0 Å². The summed E-state index contributed by atoms with van der Waals surface area (Å²) in [6.45, 7) is 4.50. The molecule has 2 nitrogen and oxygen atoms in total. The number of nitrogens with one attached hydrogen (secondary N) is 1. The highest BCUT2D eigenvalue weighted by atomic mass is 15.3. The van der Waals surface area contributed by atoms with Crippen LogP contribution in [0, 0.1) is 0 Å². The summed E-state index contributed by atoms with van der Waals surface area (Å²) in [5.41, 5.74) is 0. The molecule has 1 aliphatic heterocycles. The van der Waals surface area contributed by atoms with Gasteiger partial charge in [0.25, 0.3) is 0 Å². The fourth-order valence-electron chi connectivity index (χ4n) is 0.585. The fourth-order valence-corrected chi connectivity index (χ4v) is 0.585. The molecule has 42 valence electrons. The lowest BCUT2D eigenvalue weighted by Crippen LogP contribution is -2.22. The molecule has 0 bridgehead atoms. The molecule has 1 fully saturated rings. The van der Waals surface area contributed by atoms with Gasteiger partial charge in [-0.05, 0) is 13.6 Å². The van der Waals surface area contributed by atoms with Crippen LogP contribution in [0.15, 0.2) is 0 Å². The molecule has 1 unspecified atom stereocenters. The first-order valence-corrected chi connectivity index (χ1v) is 2.78. The van der Waals surface area contributed by atoms with Gasteiger partial charge in [0, 0.05) is 6.54 Å². The van der Waals surface area contributed by atoms with Crippen LogP contribution in [0.25, 0.3) is 0 Å². The first-order chi connectivity index (χ1) is 3.34. The van der Waals surface area contributed by atoms with Crippen molar-refractivity contribution in [2.24, 2.45) is 0 Å². The minimum Gasteiger partial charge on any atom is -0.298 e. The summed E-state index contributed by atoms with van der Waals surface area (Å²) in [7, 11) is 2.13. The molecule has 1 aliphatic rings. The Labute approximate surface area is 44.5 Å². The Morgan fingerprint density at radius 1 is 1.86 bits per heavy atom. The molecule has 1 atom stereocenters. The molecule has 0 aliphatic carbocycles.